The molecule has 23 heavy (non-hydrogen) atoms. The summed E-state index contributed by atoms with van der Waals surface area (Å²) in [5.74, 6) is 0.378. The summed E-state index contributed by atoms with van der Waals surface area (Å²) in [6.45, 7) is 1.96. The van der Waals surface area contributed by atoms with Gasteiger partial charge in [-0.3, -0.25) is 4.79 Å². The molecule has 3 heterocycles. The lowest BCUT2D eigenvalue weighted by Crippen LogP contribution is -2.39. The van der Waals surface area contributed by atoms with Crippen molar-refractivity contribution in [1.82, 2.24) is 10.2 Å². The van der Waals surface area contributed by atoms with E-state index in [0.29, 0.717) is 23.1 Å². The summed E-state index contributed by atoms with van der Waals surface area (Å²) in [5, 5.41) is 12.7. The Balaban J connectivity index is 1.67. The molecule has 3 aliphatic rings. The fourth-order valence-corrected chi connectivity index (χ4v) is 4.68. The maximum Gasteiger partial charge on any atom is 0.335 e. The Labute approximate surface area is 134 Å². The number of hydrogen-bond donors (Lipinski definition) is 2. The molecule has 2 bridgehead atoms. The van der Waals surface area contributed by atoms with Gasteiger partial charge in [-0.05, 0) is 42.9 Å². The molecule has 6 nitrogen and oxygen atoms in total. The summed E-state index contributed by atoms with van der Waals surface area (Å²) in [6.07, 6.45) is 2.10. The largest absolute Gasteiger partial charge is 0.497 e. The molecule has 1 aromatic carbocycles. The molecule has 0 aliphatic carbocycles. The maximum absolute atomic E-state index is 13.0. The molecule has 3 fully saturated rings. The van der Waals surface area contributed by atoms with Crippen LogP contribution in [0.25, 0.3) is 0 Å². The van der Waals surface area contributed by atoms with Crippen molar-refractivity contribution in [2.24, 2.45) is 11.8 Å². The van der Waals surface area contributed by atoms with Gasteiger partial charge in [-0.1, -0.05) is 0 Å². The molecule has 2 N–H and O–H groups in total. The van der Waals surface area contributed by atoms with Gasteiger partial charge >= 0.3 is 5.97 Å². The van der Waals surface area contributed by atoms with Crippen LogP contribution in [0.4, 0.5) is 0 Å². The van der Waals surface area contributed by atoms with Crippen molar-refractivity contribution < 1.29 is 19.4 Å². The highest BCUT2D eigenvalue weighted by Crippen LogP contribution is 2.47. The van der Waals surface area contributed by atoms with Gasteiger partial charge in [0.2, 0.25) is 0 Å². The molecular formula is C17H20N2O4. The van der Waals surface area contributed by atoms with Crippen molar-refractivity contribution in [1.29, 1.82) is 0 Å². The van der Waals surface area contributed by atoms with E-state index in [1.54, 1.807) is 6.07 Å². The topological polar surface area (TPSA) is 78.9 Å². The van der Waals surface area contributed by atoms with E-state index in [1.165, 1.54) is 19.2 Å². The molecule has 0 spiro atoms. The highest BCUT2D eigenvalue weighted by molar-refractivity contribution is 5.98. The van der Waals surface area contributed by atoms with E-state index in [0.717, 1.165) is 25.9 Å². The third-order valence-corrected chi connectivity index (χ3v) is 5.64. The Morgan fingerprint density at radius 2 is 1.74 bits per heavy atom. The molecular weight excluding hydrogens is 296 g/mol. The highest BCUT2D eigenvalue weighted by Gasteiger charge is 2.56. The Morgan fingerprint density at radius 1 is 1.13 bits per heavy atom. The molecule has 1 aromatic rings. The zero-order valence-electron chi connectivity index (χ0n) is 13.0. The Kier molecular flexibility index (Phi) is 3.30. The number of methoxy groups -OCH3 is 1. The number of nitrogens with one attached hydrogen (secondary N) is 1. The van der Waals surface area contributed by atoms with Crippen LogP contribution >= 0.6 is 0 Å². The van der Waals surface area contributed by atoms with Crippen molar-refractivity contribution >= 4 is 11.9 Å². The van der Waals surface area contributed by atoms with Gasteiger partial charge in [0, 0.05) is 30.7 Å². The molecule has 0 radical (unpaired) electrons. The first kappa shape index (κ1) is 14.5. The summed E-state index contributed by atoms with van der Waals surface area (Å²) in [5.41, 5.74) is 0.493. The smallest absolute Gasteiger partial charge is 0.335 e. The maximum atomic E-state index is 13.0. The van der Waals surface area contributed by atoms with E-state index < -0.39 is 5.97 Å². The lowest BCUT2D eigenvalue weighted by molar-refractivity contribution is 0.0696. The molecule has 0 saturated carbocycles. The molecule has 1 amide bonds. The van der Waals surface area contributed by atoms with Crippen LogP contribution in [0.1, 0.15) is 33.6 Å². The van der Waals surface area contributed by atoms with Gasteiger partial charge in [-0.25, -0.2) is 4.79 Å². The summed E-state index contributed by atoms with van der Waals surface area (Å²) in [4.78, 5) is 26.3. The Morgan fingerprint density at radius 3 is 2.30 bits per heavy atom. The number of fused-ring (bicyclic) bond motifs is 5. The minimum absolute atomic E-state index is 0.0618. The van der Waals surface area contributed by atoms with Crippen molar-refractivity contribution in [3.05, 3.63) is 29.3 Å². The Hall–Kier alpha value is -2.08. The van der Waals surface area contributed by atoms with Crippen LogP contribution in [-0.4, -0.2) is 54.2 Å². The average molecular weight is 316 g/mol. The SMILES string of the molecule is COc1cc(C(=O)O)cc(C(=O)N2[C@@H]3CC[C@H]2[C@H]2CNC[C@H]23)c1. The van der Waals surface area contributed by atoms with E-state index in [-0.39, 0.29) is 23.6 Å². The predicted octanol–water partition coefficient (Wildman–Crippen LogP) is 1.22. The molecule has 122 valence electrons. The number of carboxylic acid groups (broad SMARTS) is 1. The van der Waals surface area contributed by atoms with Crippen molar-refractivity contribution in [3.63, 3.8) is 0 Å². The van der Waals surface area contributed by atoms with Gasteiger partial charge in [0.1, 0.15) is 5.75 Å². The fraction of sp³-hybridized carbons (Fsp3) is 0.529. The lowest BCUT2D eigenvalue weighted by atomic mass is 9.82. The van der Waals surface area contributed by atoms with E-state index in [2.05, 4.69) is 5.32 Å². The zero-order chi connectivity index (χ0) is 16.1. The number of nitrogens with zero attached hydrogens (tertiary/aromatic N) is 1. The van der Waals surface area contributed by atoms with Crippen molar-refractivity contribution in [2.75, 3.05) is 20.2 Å². The number of aromatic carboxylic acids is 1. The Bertz CT molecular complexity index is 657. The van der Waals surface area contributed by atoms with Crippen LogP contribution in [0.3, 0.4) is 0 Å². The second-order valence-corrected chi connectivity index (χ2v) is 6.67. The standard InChI is InChI=1S/C17H20N2O4/c1-23-11-5-9(4-10(6-11)17(21)22)16(20)19-14-2-3-15(19)13-8-18-7-12(13)14/h4-6,12-15,18H,2-3,7-8H2,1H3,(H,21,22)/t12-,13+,14-,15+. The van der Waals surface area contributed by atoms with Gasteiger partial charge < -0.3 is 20.1 Å². The molecule has 4 rings (SSSR count). The van der Waals surface area contributed by atoms with Gasteiger partial charge in [-0.15, -0.1) is 0 Å². The quantitative estimate of drug-likeness (QED) is 0.876. The van der Waals surface area contributed by atoms with Crippen LogP contribution < -0.4 is 10.1 Å². The molecule has 0 aromatic heterocycles. The molecule has 6 heteroatoms. The summed E-state index contributed by atoms with van der Waals surface area (Å²) in [6, 6.07) is 5.11. The molecule has 4 atom stereocenters. The fourth-order valence-electron chi connectivity index (χ4n) is 4.68. The summed E-state index contributed by atoms with van der Waals surface area (Å²) >= 11 is 0. The molecule has 3 saturated heterocycles. The monoisotopic (exact) mass is 316 g/mol. The number of carbonyl (C=O) groups excluding carboxylic acids is 1. The lowest BCUT2D eigenvalue weighted by Gasteiger charge is -2.25. The summed E-state index contributed by atoms with van der Waals surface area (Å²) < 4.78 is 5.16. The first-order valence-electron chi connectivity index (χ1n) is 8.06. The van der Waals surface area contributed by atoms with Gasteiger partial charge in [0.15, 0.2) is 0 Å². The predicted molar refractivity (Wildman–Crippen MR) is 82.8 cm³/mol. The van der Waals surface area contributed by atoms with Crippen molar-refractivity contribution in [2.45, 2.75) is 24.9 Å². The number of carbonyl (C=O) groups is 2. The van der Waals surface area contributed by atoms with Gasteiger partial charge in [0.25, 0.3) is 5.91 Å². The number of ether oxygens (including phenoxy) is 1. The minimum Gasteiger partial charge on any atom is -0.497 e. The second kappa shape index (κ2) is 5.23. The van der Waals surface area contributed by atoms with Crippen LogP contribution in [0, 0.1) is 11.8 Å². The number of hydrogen-bond acceptors (Lipinski definition) is 4. The number of rotatable bonds is 3. The van der Waals surface area contributed by atoms with Crippen LogP contribution in [0.2, 0.25) is 0 Å². The molecule has 3 aliphatic heterocycles. The van der Waals surface area contributed by atoms with E-state index in [4.69, 9.17) is 4.74 Å². The van der Waals surface area contributed by atoms with Crippen LogP contribution in [0.5, 0.6) is 5.75 Å². The third kappa shape index (κ3) is 2.12. The number of benzene rings is 1. The minimum atomic E-state index is -1.05. The van der Waals surface area contributed by atoms with E-state index in [1.807, 2.05) is 4.90 Å². The second-order valence-electron chi connectivity index (χ2n) is 6.67. The van der Waals surface area contributed by atoms with Crippen molar-refractivity contribution in [3.8, 4) is 5.75 Å². The number of carboxylic acids is 1. The van der Waals surface area contributed by atoms with Gasteiger partial charge in [-0.2, -0.15) is 0 Å². The normalized spacial score (nSPS) is 31.3. The third-order valence-electron chi connectivity index (χ3n) is 5.64. The average Bonchev–Trinajstić information content (AvgIpc) is 3.25. The highest BCUT2D eigenvalue weighted by atomic mass is 16.5. The zero-order valence-corrected chi connectivity index (χ0v) is 13.0. The summed E-state index contributed by atoms with van der Waals surface area (Å²) in [7, 11) is 1.48. The first-order valence-corrected chi connectivity index (χ1v) is 8.06. The van der Waals surface area contributed by atoms with Crippen LogP contribution in [-0.2, 0) is 0 Å². The van der Waals surface area contributed by atoms with E-state index >= 15 is 0 Å². The molecule has 0 unspecified atom stereocenters. The van der Waals surface area contributed by atoms with Gasteiger partial charge in [0.05, 0.1) is 12.7 Å². The number of amides is 1. The van der Waals surface area contributed by atoms with Crippen LogP contribution in [0.15, 0.2) is 18.2 Å². The van der Waals surface area contributed by atoms with E-state index in [9.17, 15) is 14.7 Å². The first-order chi connectivity index (χ1) is 11.1.